The number of hydroxylamine groups is 1. The maximum absolute atomic E-state index is 12.5. The molecule has 0 saturated carbocycles. The number of nitrogen functional groups attached to an aromatic ring is 1. The first-order chi connectivity index (χ1) is 10.3. The Hall–Kier alpha value is -2.24. The van der Waals surface area contributed by atoms with Crippen molar-refractivity contribution in [3.63, 3.8) is 0 Å². The summed E-state index contributed by atoms with van der Waals surface area (Å²) < 4.78 is 5.33. The lowest BCUT2D eigenvalue weighted by molar-refractivity contribution is -0.154. The lowest BCUT2D eigenvalue weighted by Crippen LogP contribution is -2.41. The zero-order valence-electron chi connectivity index (χ0n) is 14.9. The molecule has 0 saturated heterocycles. The summed E-state index contributed by atoms with van der Waals surface area (Å²) in [5.41, 5.74) is 5.88. The van der Waals surface area contributed by atoms with Crippen LogP contribution in [0.25, 0.3) is 0 Å². The summed E-state index contributed by atoms with van der Waals surface area (Å²) in [6.07, 6.45) is -0.774. The van der Waals surface area contributed by atoms with E-state index < -0.39 is 23.1 Å². The van der Waals surface area contributed by atoms with E-state index in [2.05, 4.69) is 0 Å². The van der Waals surface area contributed by atoms with E-state index in [-0.39, 0.29) is 0 Å². The van der Waals surface area contributed by atoms with E-state index in [0.29, 0.717) is 16.9 Å². The van der Waals surface area contributed by atoms with Crippen molar-refractivity contribution < 1.29 is 19.2 Å². The third-order valence-corrected chi connectivity index (χ3v) is 2.91. The van der Waals surface area contributed by atoms with Gasteiger partial charge in [0.15, 0.2) is 0 Å². The van der Waals surface area contributed by atoms with Gasteiger partial charge in [0.2, 0.25) is 0 Å². The minimum Gasteiger partial charge on any atom is -0.441 e. The van der Waals surface area contributed by atoms with E-state index in [1.54, 1.807) is 66.7 Å². The molecule has 0 bridgehead atoms. The van der Waals surface area contributed by atoms with E-state index in [1.165, 1.54) is 0 Å². The van der Waals surface area contributed by atoms with Gasteiger partial charge in [0.05, 0.1) is 11.1 Å². The van der Waals surface area contributed by atoms with Crippen LogP contribution in [-0.2, 0) is 14.4 Å². The van der Waals surface area contributed by atoms with Crippen LogP contribution in [0, 0.1) is 12.3 Å². The van der Waals surface area contributed by atoms with Gasteiger partial charge in [-0.3, -0.25) is 0 Å². The Bertz CT molecular complexity index is 598. The van der Waals surface area contributed by atoms with E-state index in [4.69, 9.17) is 15.3 Å². The van der Waals surface area contributed by atoms with Crippen LogP contribution in [0.4, 0.5) is 16.2 Å². The topological polar surface area (TPSA) is 81.9 Å². The zero-order chi connectivity index (χ0) is 18.0. The van der Waals surface area contributed by atoms with Crippen molar-refractivity contribution >= 4 is 23.4 Å². The van der Waals surface area contributed by atoms with Gasteiger partial charge in [-0.1, -0.05) is 6.07 Å². The molecule has 0 aliphatic carbocycles. The van der Waals surface area contributed by atoms with Crippen LogP contribution in [0.1, 0.15) is 47.1 Å². The fourth-order valence-electron chi connectivity index (χ4n) is 1.57. The number of anilines is 2. The second-order valence-corrected chi connectivity index (χ2v) is 7.39. The predicted molar refractivity (Wildman–Crippen MR) is 89.9 cm³/mol. The van der Waals surface area contributed by atoms with Crippen molar-refractivity contribution in [1.29, 1.82) is 0 Å². The molecule has 2 N–H and O–H groups in total. The molecule has 1 rings (SSSR count). The number of benzene rings is 1. The zero-order valence-corrected chi connectivity index (χ0v) is 14.9. The summed E-state index contributed by atoms with van der Waals surface area (Å²) in [5.74, 6) is -0.551. The molecule has 0 fully saturated rings. The Labute approximate surface area is 137 Å². The first-order valence-electron chi connectivity index (χ1n) is 7.43. The standard InChI is InChI=1S/C17H26N2O4/c1-11-12(18)9-8-10-13(11)19(15(21)22-17(5,6)7)23-14(20)16(2,3)4/h8-10H,18H2,1-7H3. The van der Waals surface area contributed by atoms with Crippen molar-refractivity contribution in [2.75, 3.05) is 10.8 Å². The number of nitrogens with two attached hydrogens (primary N) is 1. The number of hydrogen-bond acceptors (Lipinski definition) is 5. The minimum atomic E-state index is -0.774. The number of amides is 1. The minimum absolute atomic E-state index is 0.372. The summed E-state index contributed by atoms with van der Waals surface area (Å²) in [6.45, 7) is 12.1. The van der Waals surface area contributed by atoms with Gasteiger partial charge in [-0.25, -0.2) is 9.59 Å². The van der Waals surface area contributed by atoms with Crippen LogP contribution in [0.3, 0.4) is 0 Å². The van der Waals surface area contributed by atoms with E-state index in [0.717, 1.165) is 5.06 Å². The normalized spacial score (nSPS) is 11.8. The van der Waals surface area contributed by atoms with E-state index in [1.807, 2.05) is 0 Å². The number of nitrogens with zero attached hydrogens (tertiary/aromatic N) is 1. The van der Waals surface area contributed by atoms with Gasteiger partial charge < -0.3 is 15.3 Å². The molecule has 0 unspecified atom stereocenters. The third-order valence-electron chi connectivity index (χ3n) is 2.91. The summed E-state index contributed by atoms with van der Waals surface area (Å²) in [7, 11) is 0. The molecule has 6 heteroatoms. The van der Waals surface area contributed by atoms with Crippen molar-refractivity contribution in [2.24, 2.45) is 5.41 Å². The monoisotopic (exact) mass is 322 g/mol. The van der Waals surface area contributed by atoms with Gasteiger partial charge in [0, 0.05) is 5.69 Å². The molecule has 0 radical (unpaired) electrons. The molecule has 1 aromatic carbocycles. The molecule has 6 nitrogen and oxygen atoms in total. The number of hydrogen-bond donors (Lipinski definition) is 1. The van der Waals surface area contributed by atoms with Crippen LogP contribution < -0.4 is 10.8 Å². The lowest BCUT2D eigenvalue weighted by atomic mass is 9.98. The maximum Gasteiger partial charge on any atom is 0.448 e. The summed E-state index contributed by atoms with van der Waals surface area (Å²) in [5, 5.41) is 0.866. The summed E-state index contributed by atoms with van der Waals surface area (Å²) in [4.78, 5) is 30.0. The highest BCUT2D eigenvalue weighted by molar-refractivity contribution is 5.91. The Morgan fingerprint density at radius 1 is 1.09 bits per heavy atom. The molecule has 1 amide bonds. The SMILES string of the molecule is Cc1c(N)cccc1N(OC(=O)C(C)(C)C)C(=O)OC(C)(C)C. The smallest absolute Gasteiger partial charge is 0.441 e. The molecule has 128 valence electrons. The van der Waals surface area contributed by atoms with Crippen LogP contribution in [0.2, 0.25) is 0 Å². The Balaban J connectivity index is 3.24. The molecule has 0 aromatic heterocycles. The highest BCUT2D eigenvalue weighted by atomic mass is 16.8. The summed E-state index contributed by atoms with van der Waals surface area (Å²) in [6, 6.07) is 5.03. The van der Waals surface area contributed by atoms with E-state index >= 15 is 0 Å². The molecule has 0 aliphatic heterocycles. The second kappa shape index (κ2) is 6.48. The van der Waals surface area contributed by atoms with E-state index in [9.17, 15) is 9.59 Å². The van der Waals surface area contributed by atoms with Crippen LogP contribution in [0.5, 0.6) is 0 Å². The molecule has 1 aromatic rings. The lowest BCUT2D eigenvalue weighted by Gasteiger charge is -2.29. The van der Waals surface area contributed by atoms with Gasteiger partial charge in [-0.15, -0.1) is 5.06 Å². The van der Waals surface area contributed by atoms with Gasteiger partial charge in [-0.05, 0) is 66.2 Å². The first kappa shape index (κ1) is 18.8. The fourth-order valence-corrected chi connectivity index (χ4v) is 1.57. The third kappa shape index (κ3) is 5.16. The van der Waals surface area contributed by atoms with Gasteiger partial charge in [-0.2, -0.15) is 0 Å². The van der Waals surface area contributed by atoms with Gasteiger partial charge in [0.1, 0.15) is 5.60 Å². The van der Waals surface area contributed by atoms with Crippen LogP contribution in [-0.4, -0.2) is 17.7 Å². The average molecular weight is 322 g/mol. The predicted octanol–water partition coefficient (Wildman–Crippen LogP) is 3.82. The molecule has 0 spiro atoms. The second-order valence-electron chi connectivity index (χ2n) is 7.39. The Morgan fingerprint density at radius 2 is 1.65 bits per heavy atom. The highest BCUT2D eigenvalue weighted by Crippen LogP contribution is 2.28. The molecular weight excluding hydrogens is 296 g/mol. The van der Waals surface area contributed by atoms with Gasteiger partial charge in [0.25, 0.3) is 0 Å². The Kier molecular flexibility index (Phi) is 5.30. The molecule has 23 heavy (non-hydrogen) atoms. The van der Waals surface area contributed by atoms with Gasteiger partial charge >= 0.3 is 12.1 Å². The first-order valence-corrected chi connectivity index (χ1v) is 7.43. The van der Waals surface area contributed by atoms with Crippen molar-refractivity contribution in [3.8, 4) is 0 Å². The van der Waals surface area contributed by atoms with Crippen LogP contribution in [0.15, 0.2) is 18.2 Å². The largest absolute Gasteiger partial charge is 0.448 e. The number of carbonyl (C=O) groups excluding carboxylic acids is 2. The molecular formula is C17H26N2O4. The molecule has 0 aliphatic rings. The van der Waals surface area contributed by atoms with Crippen molar-refractivity contribution in [2.45, 2.75) is 54.1 Å². The average Bonchev–Trinajstić information content (AvgIpc) is 2.36. The highest BCUT2D eigenvalue weighted by Gasteiger charge is 2.32. The maximum atomic E-state index is 12.5. The van der Waals surface area contributed by atoms with Crippen LogP contribution >= 0.6 is 0 Å². The number of carbonyl (C=O) groups is 2. The number of ether oxygens (including phenoxy) is 1. The quantitative estimate of drug-likeness (QED) is 0.628. The number of rotatable bonds is 1. The van der Waals surface area contributed by atoms with Crippen molar-refractivity contribution in [1.82, 2.24) is 0 Å². The fraction of sp³-hybridized carbons (Fsp3) is 0.529. The molecule has 0 atom stereocenters. The van der Waals surface area contributed by atoms with Crippen molar-refractivity contribution in [3.05, 3.63) is 23.8 Å². The summed E-state index contributed by atoms with van der Waals surface area (Å²) >= 11 is 0. The Morgan fingerprint density at radius 3 is 2.13 bits per heavy atom. The molecule has 0 heterocycles.